The Hall–Kier alpha value is -6.64. The molecule has 10 rings (SSSR count). The highest BCUT2D eigenvalue weighted by Crippen LogP contribution is 2.68. The van der Waals surface area contributed by atoms with Gasteiger partial charge in [0.1, 0.15) is 0 Å². The van der Waals surface area contributed by atoms with Gasteiger partial charge in [-0.3, -0.25) is 0 Å². The fourth-order valence-electron chi connectivity index (χ4n) is 11.9. The Balaban J connectivity index is 1.23. The highest BCUT2D eigenvalue weighted by atomic mass is 15.1. The van der Waals surface area contributed by atoms with E-state index in [1.165, 1.54) is 65.7 Å². The lowest BCUT2D eigenvalue weighted by Crippen LogP contribution is -2.50. The first kappa shape index (κ1) is 42.3. The largest absolute Gasteiger partial charge is 0.310 e. The van der Waals surface area contributed by atoms with Gasteiger partial charge in [0.2, 0.25) is 0 Å². The number of benzene rings is 9. The lowest BCUT2D eigenvalue weighted by molar-refractivity contribution is 0.0977. The van der Waals surface area contributed by atoms with E-state index < -0.39 is 0 Å². The summed E-state index contributed by atoms with van der Waals surface area (Å²) in [7, 11) is 0. The fraction of sp³-hybridized carbons (Fsp3) is 0.238. The van der Waals surface area contributed by atoms with Crippen molar-refractivity contribution in [3.05, 3.63) is 204 Å². The van der Waals surface area contributed by atoms with E-state index in [1.54, 1.807) is 0 Å². The summed E-state index contributed by atoms with van der Waals surface area (Å²) in [4.78, 5) is 4.83. The molecule has 0 aromatic heterocycles. The van der Waals surface area contributed by atoms with Crippen LogP contribution >= 0.6 is 0 Å². The van der Waals surface area contributed by atoms with Gasteiger partial charge in [-0.05, 0) is 161 Å². The predicted molar refractivity (Wildman–Crippen MR) is 282 cm³/mol. The quantitative estimate of drug-likeness (QED) is 0.141. The van der Waals surface area contributed by atoms with Crippen LogP contribution in [0.3, 0.4) is 0 Å². The molecule has 0 unspecified atom stereocenters. The molecule has 0 radical (unpaired) electrons. The van der Waals surface area contributed by atoms with Crippen molar-refractivity contribution in [3.63, 3.8) is 0 Å². The summed E-state index contributed by atoms with van der Waals surface area (Å²) in [6.45, 7) is 23.9. The van der Waals surface area contributed by atoms with Crippen molar-refractivity contribution in [1.29, 1.82) is 0 Å². The summed E-state index contributed by atoms with van der Waals surface area (Å²) in [6.07, 6.45) is 0. The lowest BCUT2D eigenvalue weighted by atomic mass is 9.49. The number of hydrogen-bond acceptors (Lipinski definition) is 2. The van der Waals surface area contributed by atoms with Crippen molar-refractivity contribution in [3.8, 4) is 11.1 Å². The average Bonchev–Trinajstić information content (AvgIpc) is 3.64. The molecule has 0 atom stereocenters. The first-order chi connectivity index (χ1) is 31.2. The van der Waals surface area contributed by atoms with Gasteiger partial charge in [0.05, 0.1) is 0 Å². The van der Waals surface area contributed by atoms with E-state index in [2.05, 4.69) is 261 Å². The maximum Gasteiger partial charge on any atom is 0.0468 e. The Kier molecular flexibility index (Phi) is 10.3. The van der Waals surface area contributed by atoms with Crippen LogP contribution < -0.4 is 9.80 Å². The van der Waals surface area contributed by atoms with Crippen molar-refractivity contribution in [1.82, 2.24) is 0 Å². The highest BCUT2D eigenvalue weighted by molar-refractivity contribution is 6.20. The summed E-state index contributed by atoms with van der Waals surface area (Å²) >= 11 is 0. The third-order valence-electron chi connectivity index (χ3n) is 14.5. The minimum Gasteiger partial charge on any atom is -0.310 e. The van der Waals surface area contributed by atoms with Crippen LogP contribution in [0.5, 0.6) is 0 Å². The van der Waals surface area contributed by atoms with Gasteiger partial charge in [0.15, 0.2) is 0 Å². The van der Waals surface area contributed by atoms with Gasteiger partial charge >= 0.3 is 0 Å². The topological polar surface area (TPSA) is 6.48 Å². The molecule has 0 saturated carbocycles. The normalized spacial score (nSPS) is 13.5. The summed E-state index contributed by atoms with van der Waals surface area (Å²) in [6, 6.07) is 68.4. The van der Waals surface area contributed by atoms with E-state index in [-0.39, 0.29) is 16.2 Å². The molecular weight excluding hydrogens is 785 g/mol. The van der Waals surface area contributed by atoms with Crippen molar-refractivity contribution in [2.75, 3.05) is 9.80 Å². The Bertz CT molecular complexity index is 3190. The SMILES string of the molecule is CC(C)c1ccc(N(c2ccccc2)c2ccc3c4c(ccc3c2)-c2c(c3ccc(N(c5ccccc5)c5ccc(C(C)C)cc5)cc3c3ccccc23)C4(C(C)(C)C)C(C)(C)C)cc1. The van der Waals surface area contributed by atoms with Crippen LogP contribution in [0.15, 0.2) is 182 Å². The summed E-state index contributed by atoms with van der Waals surface area (Å²) in [5.41, 5.74) is 14.5. The predicted octanol–water partition coefficient (Wildman–Crippen LogP) is 18.7. The van der Waals surface area contributed by atoms with Crippen LogP contribution in [0.4, 0.5) is 34.1 Å². The van der Waals surface area contributed by atoms with E-state index in [1.807, 2.05) is 0 Å². The van der Waals surface area contributed by atoms with Crippen molar-refractivity contribution < 1.29 is 0 Å². The molecule has 9 aromatic carbocycles. The van der Waals surface area contributed by atoms with Crippen LogP contribution in [0.25, 0.3) is 43.4 Å². The zero-order valence-electron chi connectivity index (χ0n) is 39.9. The molecule has 65 heavy (non-hydrogen) atoms. The zero-order valence-corrected chi connectivity index (χ0v) is 39.9. The van der Waals surface area contributed by atoms with Crippen molar-refractivity contribution >= 4 is 66.4 Å². The summed E-state index contributed by atoms with van der Waals surface area (Å²) in [5.74, 6) is 0.939. The first-order valence-corrected chi connectivity index (χ1v) is 23.7. The molecular formula is C63H62N2. The highest BCUT2D eigenvalue weighted by Gasteiger charge is 2.59. The molecule has 1 aliphatic carbocycles. The molecule has 0 amide bonds. The maximum absolute atomic E-state index is 2.48. The zero-order chi connectivity index (χ0) is 45.4. The number of anilines is 6. The van der Waals surface area contributed by atoms with Crippen LogP contribution in [-0.4, -0.2) is 0 Å². The molecule has 0 aliphatic heterocycles. The van der Waals surface area contributed by atoms with Crippen LogP contribution in [0.1, 0.15) is 103 Å². The first-order valence-electron chi connectivity index (χ1n) is 23.7. The molecule has 0 heterocycles. The fourth-order valence-corrected chi connectivity index (χ4v) is 11.9. The van der Waals surface area contributed by atoms with E-state index in [0.717, 1.165) is 34.1 Å². The van der Waals surface area contributed by atoms with Gasteiger partial charge in [-0.15, -0.1) is 0 Å². The minimum atomic E-state index is -0.368. The monoisotopic (exact) mass is 846 g/mol. The second-order valence-corrected chi connectivity index (χ2v) is 21.0. The Morgan fingerprint density at radius 3 is 1.28 bits per heavy atom. The molecule has 2 heteroatoms. The second kappa shape index (κ2) is 15.8. The number of para-hydroxylation sites is 2. The number of hydrogen-bond donors (Lipinski definition) is 0. The van der Waals surface area contributed by atoms with E-state index in [4.69, 9.17) is 0 Å². The van der Waals surface area contributed by atoms with E-state index in [9.17, 15) is 0 Å². The van der Waals surface area contributed by atoms with Crippen molar-refractivity contribution in [2.24, 2.45) is 10.8 Å². The molecule has 0 fully saturated rings. The molecule has 324 valence electrons. The molecule has 1 aliphatic rings. The van der Waals surface area contributed by atoms with E-state index in [0.29, 0.717) is 11.8 Å². The molecule has 0 spiro atoms. The third kappa shape index (κ3) is 6.75. The van der Waals surface area contributed by atoms with E-state index >= 15 is 0 Å². The van der Waals surface area contributed by atoms with Gasteiger partial charge < -0.3 is 9.80 Å². The average molecular weight is 847 g/mol. The van der Waals surface area contributed by atoms with Gasteiger partial charge in [0, 0.05) is 39.5 Å². The number of fused-ring (bicyclic) bond motifs is 10. The lowest BCUT2D eigenvalue weighted by Gasteiger charge is -2.54. The van der Waals surface area contributed by atoms with Crippen LogP contribution in [0.2, 0.25) is 0 Å². The molecule has 2 nitrogen and oxygen atoms in total. The van der Waals surface area contributed by atoms with Gasteiger partial charge in [-0.25, -0.2) is 0 Å². The standard InChI is InChI=1S/C63H62N2/c1-41(2)43-25-30-48(31-26-43)64(46-19-13-11-14-20-46)50-34-37-52-45(39-50)29-36-56-58-54-24-18-17-23-53(54)57-40-51(35-38-55(57)60(58)63(59(52)56,61(5,6)7)62(8,9)10)65(47-21-15-12-16-22-47)49-32-27-44(28-33-49)42(3)4/h11-42H,1-10H3. The second-order valence-electron chi connectivity index (χ2n) is 21.0. The Morgan fingerprint density at radius 1 is 0.354 bits per heavy atom. The summed E-state index contributed by atoms with van der Waals surface area (Å²) in [5, 5.41) is 7.79. The Labute approximate surface area is 387 Å². The van der Waals surface area contributed by atoms with Crippen LogP contribution in [0, 0.1) is 10.8 Å². The smallest absolute Gasteiger partial charge is 0.0468 e. The number of rotatable bonds is 8. The molecule has 0 saturated heterocycles. The minimum absolute atomic E-state index is 0.172. The summed E-state index contributed by atoms with van der Waals surface area (Å²) < 4.78 is 0. The molecule has 0 N–H and O–H groups in total. The third-order valence-corrected chi connectivity index (χ3v) is 14.5. The molecule has 0 bridgehead atoms. The van der Waals surface area contributed by atoms with Crippen molar-refractivity contribution in [2.45, 2.75) is 86.5 Å². The van der Waals surface area contributed by atoms with Crippen LogP contribution in [-0.2, 0) is 5.41 Å². The molecule has 9 aromatic rings. The maximum atomic E-state index is 2.48. The van der Waals surface area contributed by atoms with Gasteiger partial charge in [-0.1, -0.05) is 178 Å². The Morgan fingerprint density at radius 2 is 0.785 bits per heavy atom. The van der Waals surface area contributed by atoms with Gasteiger partial charge in [-0.2, -0.15) is 0 Å². The number of nitrogens with zero attached hydrogens (tertiary/aromatic N) is 2. The van der Waals surface area contributed by atoms with Gasteiger partial charge in [0.25, 0.3) is 0 Å².